The first-order chi connectivity index (χ1) is 7.19. The highest BCUT2D eigenvalue weighted by Crippen LogP contribution is 2.16. The molecule has 0 fully saturated rings. The lowest BCUT2D eigenvalue weighted by Gasteiger charge is -2.10. The van der Waals surface area contributed by atoms with E-state index in [0.29, 0.717) is 12.0 Å². The van der Waals surface area contributed by atoms with Gasteiger partial charge in [0.1, 0.15) is 0 Å². The Balaban J connectivity index is 2.91. The fraction of sp³-hybridized carbons (Fsp3) is 0.250. The van der Waals surface area contributed by atoms with Crippen molar-refractivity contribution in [3.8, 4) is 0 Å². The van der Waals surface area contributed by atoms with E-state index in [1.807, 2.05) is 6.07 Å². The van der Waals surface area contributed by atoms with Crippen molar-refractivity contribution in [1.82, 2.24) is 0 Å². The van der Waals surface area contributed by atoms with Crippen LogP contribution < -0.4 is 5.73 Å². The van der Waals surface area contributed by atoms with Gasteiger partial charge in [-0.05, 0) is 24.1 Å². The number of methoxy groups -OCH3 is 1. The summed E-state index contributed by atoms with van der Waals surface area (Å²) in [7, 11) is 1.36. The van der Waals surface area contributed by atoms with Crippen LogP contribution in [0.3, 0.4) is 0 Å². The molecule has 0 aromatic heterocycles. The summed E-state index contributed by atoms with van der Waals surface area (Å²) >= 11 is 0. The molecule has 0 saturated heterocycles. The zero-order valence-corrected chi connectivity index (χ0v) is 8.77. The molecule has 15 heavy (non-hydrogen) atoms. The molecule has 0 amide bonds. The Hall–Kier alpha value is -1.61. The van der Waals surface area contributed by atoms with Crippen LogP contribution >= 0.6 is 0 Å². The van der Waals surface area contributed by atoms with Crippen LogP contribution in [-0.4, -0.2) is 13.1 Å². The molecule has 0 radical (unpaired) electrons. The molecule has 3 heteroatoms. The van der Waals surface area contributed by atoms with Crippen LogP contribution in [0, 0.1) is 0 Å². The zero-order valence-electron chi connectivity index (χ0n) is 8.77. The molecule has 0 aliphatic carbocycles. The molecule has 1 aromatic rings. The molecule has 0 aliphatic rings. The van der Waals surface area contributed by atoms with Crippen molar-refractivity contribution >= 4 is 5.97 Å². The minimum absolute atomic E-state index is 0.118. The maximum atomic E-state index is 11.3. The molecule has 1 aromatic carbocycles. The molecule has 1 rings (SSSR count). The van der Waals surface area contributed by atoms with E-state index in [0.717, 1.165) is 5.56 Å². The quantitative estimate of drug-likeness (QED) is 0.604. The predicted molar refractivity (Wildman–Crippen MR) is 59.5 cm³/mol. The molecule has 1 atom stereocenters. The standard InChI is InChI=1S/C12H15NO2/c1-3-5-11(13)9-6-4-7-10(8-9)12(14)15-2/h3-4,6-8,11H,1,5,13H2,2H3. The monoisotopic (exact) mass is 205 g/mol. The molecule has 0 heterocycles. The Kier molecular flexibility index (Phi) is 4.06. The minimum Gasteiger partial charge on any atom is -0.465 e. The predicted octanol–water partition coefficient (Wildman–Crippen LogP) is 2.05. The van der Waals surface area contributed by atoms with Crippen LogP contribution in [0.4, 0.5) is 0 Å². The van der Waals surface area contributed by atoms with Gasteiger partial charge in [0.05, 0.1) is 12.7 Å². The van der Waals surface area contributed by atoms with Crippen LogP contribution in [0.15, 0.2) is 36.9 Å². The van der Waals surface area contributed by atoms with Crippen molar-refractivity contribution in [2.45, 2.75) is 12.5 Å². The minimum atomic E-state index is -0.345. The number of carbonyl (C=O) groups is 1. The third-order valence-electron chi connectivity index (χ3n) is 2.16. The Morgan fingerprint density at radius 1 is 1.67 bits per heavy atom. The molecular formula is C12H15NO2. The van der Waals surface area contributed by atoms with Gasteiger partial charge in [-0.1, -0.05) is 18.2 Å². The molecule has 0 saturated carbocycles. The van der Waals surface area contributed by atoms with Crippen LogP contribution in [0.25, 0.3) is 0 Å². The lowest BCUT2D eigenvalue weighted by molar-refractivity contribution is 0.0600. The van der Waals surface area contributed by atoms with Gasteiger partial charge < -0.3 is 10.5 Å². The second-order valence-corrected chi connectivity index (χ2v) is 3.25. The van der Waals surface area contributed by atoms with Gasteiger partial charge in [-0.3, -0.25) is 0 Å². The second-order valence-electron chi connectivity index (χ2n) is 3.25. The lowest BCUT2D eigenvalue weighted by Crippen LogP contribution is -2.10. The van der Waals surface area contributed by atoms with E-state index < -0.39 is 0 Å². The number of nitrogens with two attached hydrogens (primary N) is 1. The first-order valence-electron chi connectivity index (χ1n) is 4.73. The molecule has 2 N–H and O–H groups in total. The summed E-state index contributed by atoms with van der Waals surface area (Å²) in [5.41, 5.74) is 7.33. The van der Waals surface area contributed by atoms with Crippen LogP contribution in [0.1, 0.15) is 28.4 Å². The van der Waals surface area contributed by atoms with E-state index in [4.69, 9.17) is 5.73 Å². The summed E-state index contributed by atoms with van der Waals surface area (Å²) in [5.74, 6) is -0.345. The molecule has 1 unspecified atom stereocenters. The second kappa shape index (κ2) is 5.32. The van der Waals surface area contributed by atoms with Crippen molar-refractivity contribution in [2.75, 3.05) is 7.11 Å². The van der Waals surface area contributed by atoms with Crippen molar-refractivity contribution in [3.05, 3.63) is 48.0 Å². The number of benzene rings is 1. The zero-order chi connectivity index (χ0) is 11.3. The number of ether oxygens (including phenoxy) is 1. The topological polar surface area (TPSA) is 52.3 Å². The number of esters is 1. The average molecular weight is 205 g/mol. The van der Waals surface area contributed by atoms with Crippen molar-refractivity contribution in [2.24, 2.45) is 5.73 Å². The molecule has 0 aliphatic heterocycles. The Morgan fingerprint density at radius 3 is 3.00 bits per heavy atom. The van der Waals surface area contributed by atoms with Gasteiger partial charge in [0.25, 0.3) is 0 Å². The van der Waals surface area contributed by atoms with Crippen molar-refractivity contribution < 1.29 is 9.53 Å². The molecule has 0 bridgehead atoms. The van der Waals surface area contributed by atoms with Gasteiger partial charge in [-0.2, -0.15) is 0 Å². The van der Waals surface area contributed by atoms with Gasteiger partial charge in [0.2, 0.25) is 0 Å². The Bertz CT molecular complexity index is 360. The fourth-order valence-electron chi connectivity index (χ4n) is 1.33. The third kappa shape index (κ3) is 2.92. The third-order valence-corrected chi connectivity index (χ3v) is 2.16. The first kappa shape index (κ1) is 11.5. The number of carbonyl (C=O) groups excluding carboxylic acids is 1. The number of rotatable bonds is 4. The largest absolute Gasteiger partial charge is 0.465 e. The summed E-state index contributed by atoms with van der Waals surface area (Å²) in [6, 6.07) is 7.02. The van der Waals surface area contributed by atoms with Gasteiger partial charge in [0.15, 0.2) is 0 Å². The molecule has 0 spiro atoms. The average Bonchev–Trinajstić information content (AvgIpc) is 2.28. The van der Waals surface area contributed by atoms with E-state index in [-0.39, 0.29) is 12.0 Å². The van der Waals surface area contributed by atoms with Gasteiger partial charge in [0, 0.05) is 6.04 Å². The molecule has 80 valence electrons. The fourth-order valence-corrected chi connectivity index (χ4v) is 1.33. The highest BCUT2D eigenvalue weighted by atomic mass is 16.5. The SMILES string of the molecule is C=CCC(N)c1cccc(C(=O)OC)c1. The van der Waals surface area contributed by atoms with Crippen molar-refractivity contribution in [1.29, 1.82) is 0 Å². The maximum Gasteiger partial charge on any atom is 0.337 e. The van der Waals surface area contributed by atoms with Crippen LogP contribution in [0.5, 0.6) is 0 Å². The first-order valence-corrected chi connectivity index (χ1v) is 4.73. The molecular weight excluding hydrogens is 190 g/mol. The van der Waals surface area contributed by atoms with Crippen LogP contribution in [-0.2, 0) is 4.74 Å². The Labute approximate surface area is 89.5 Å². The smallest absolute Gasteiger partial charge is 0.337 e. The highest BCUT2D eigenvalue weighted by Gasteiger charge is 2.08. The number of hydrogen-bond donors (Lipinski definition) is 1. The summed E-state index contributed by atoms with van der Waals surface area (Å²) in [6.45, 7) is 3.63. The van der Waals surface area contributed by atoms with Crippen molar-refractivity contribution in [3.63, 3.8) is 0 Å². The molecule has 3 nitrogen and oxygen atoms in total. The highest BCUT2D eigenvalue weighted by molar-refractivity contribution is 5.89. The van der Waals surface area contributed by atoms with Gasteiger partial charge in [-0.15, -0.1) is 6.58 Å². The van der Waals surface area contributed by atoms with E-state index in [1.165, 1.54) is 7.11 Å². The Morgan fingerprint density at radius 2 is 2.40 bits per heavy atom. The van der Waals surface area contributed by atoms with Crippen LogP contribution in [0.2, 0.25) is 0 Å². The summed E-state index contributed by atoms with van der Waals surface area (Å²) in [5, 5.41) is 0. The van der Waals surface area contributed by atoms with E-state index in [2.05, 4.69) is 11.3 Å². The van der Waals surface area contributed by atoms with Gasteiger partial charge >= 0.3 is 5.97 Å². The normalized spacial score (nSPS) is 11.9. The maximum absolute atomic E-state index is 11.3. The summed E-state index contributed by atoms with van der Waals surface area (Å²) < 4.78 is 4.63. The van der Waals surface area contributed by atoms with E-state index in [1.54, 1.807) is 24.3 Å². The van der Waals surface area contributed by atoms with E-state index in [9.17, 15) is 4.79 Å². The summed E-state index contributed by atoms with van der Waals surface area (Å²) in [6.07, 6.45) is 2.44. The summed E-state index contributed by atoms with van der Waals surface area (Å²) in [4.78, 5) is 11.3. The van der Waals surface area contributed by atoms with E-state index >= 15 is 0 Å². The number of hydrogen-bond acceptors (Lipinski definition) is 3. The lowest BCUT2D eigenvalue weighted by atomic mass is 10.0. The van der Waals surface area contributed by atoms with Gasteiger partial charge in [-0.25, -0.2) is 4.79 Å².